The van der Waals surface area contributed by atoms with E-state index in [1.165, 1.54) is 21.0 Å². The van der Waals surface area contributed by atoms with Gasteiger partial charge in [0.1, 0.15) is 18.2 Å². The maximum Gasteiger partial charge on any atom is 0.303 e. The van der Waals surface area contributed by atoms with Crippen molar-refractivity contribution in [3.05, 3.63) is 0 Å². The largest absolute Gasteiger partial charge is 0.457 e. The molecule has 12 heteroatoms. The highest BCUT2D eigenvalue weighted by molar-refractivity contribution is 7.86. The smallest absolute Gasteiger partial charge is 0.303 e. The van der Waals surface area contributed by atoms with E-state index in [0.717, 1.165) is 13.2 Å². The summed E-state index contributed by atoms with van der Waals surface area (Å²) in [5, 5.41) is 4.99. The van der Waals surface area contributed by atoms with Gasteiger partial charge in [-0.1, -0.05) is 0 Å². The molecule has 0 unspecified atom stereocenters. The van der Waals surface area contributed by atoms with Crippen LogP contribution < -0.4 is 10.6 Å². The fourth-order valence-corrected chi connectivity index (χ4v) is 3.18. The molecule has 0 radical (unpaired) electrons. The van der Waals surface area contributed by atoms with Crippen LogP contribution in [0.25, 0.3) is 0 Å². The van der Waals surface area contributed by atoms with Crippen LogP contribution in [0.1, 0.15) is 20.8 Å². The van der Waals surface area contributed by atoms with Crippen molar-refractivity contribution < 1.29 is 41.2 Å². The van der Waals surface area contributed by atoms with Gasteiger partial charge in [0.05, 0.1) is 6.26 Å². The predicted molar refractivity (Wildman–Crippen MR) is 87.2 cm³/mol. The van der Waals surface area contributed by atoms with Crippen molar-refractivity contribution in [1.82, 2.24) is 10.6 Å². The number of methoxy groups -OCH3 is 1. The molecule has 0 aliphatic carbocycles. The molecule has 0 bridgehead atoms. The van der Waals surface area contributed by atoms with Crippen molar-refractivity contribution >= 4 is 27.9 Å². The minimum absolute atomic E-state index is 0.0937. The lowest BCUT2D eigenvalue weighted by molar-refractivity contribution is -0.255. The first-order valence-electron chi connectivity index (χ1n) is 7.70. The van der Waals surface area contributed by atoms with E-state index < -0.39 is 52.6 Å². The van der Waals surface area contributed by atoms with E-state index in [1.807, 2.05) is 0 Å². The molecule has 1 fully saturated rings. The number of hydrogen-bond acceptors (Lipinski definition) is 9. The Hall–Kier alpha value is -1.76. The second kappa shape index (κ2) is 9.26. The number of hydrogen-bond donors (Lipinski definition) is 2. The molecule has 1 rings (SSSR count). The number of carbonyl (C=O) groups excluding carboxylic acids is 3. The van der Waals surface area contributed by atoms with Gasteiger partial charge in [-0.3, -0.25) is 18.6 Å². The van der Waals surface area contributed by atoms with Crippen LogP contribution in [0.15, 0.2) is 0 Å². The van der Waals surface area contributed by atoms with Gasteiger partial charge < -0.3 is 24.8 Å². The van der Waals surface area contributed by atoms with Crippen LogP contribution in [0.5, 0.6) is 0 Å². The summed E-state index contributed by atoms with van der Waals surface area (Å²) in [6.07, 6.45) is -3.80. The van der Waals surface area contributed by atoms with Crippen molar-refractivity contribution in [1.29, 1.82) is 0 Å². The Balaban J connectivity index is 3.28. The Morgan fingerprint density at radius 2 is 1.69 bits per heavy atom. The van der Waals surface area contributed by atoms with E-state index in [0.29, 0.717) is 0 Å². The van der Waals surface area contributed by atoms with Gasteiger partial charge in [0.25, 0.3) is 10.1 Å². The second-order valence-electron chi connectivity index (χ2n) is 5.78. The molecule has 0 aromatic carbocycles. The van der Waals surface area contributed by atoms with E-state index in [4.69, 9.17) is 18.4 Å². The van der Waals surface area contributed by atoms with E-state index in [-0.39, 0.29) is 12.5 Å². The first-order chi connectivity index (χ1) is 11.9. The third-order valence-corrected chi connectivity index (χ3v) is 3.96. The van der Waals surface area contributed by atoms with Crippen molar-refractivity contribution in [3.63, 3.8) is 0 Å². The SMILES string of the molecule is CO[C@@H]1O[C@@H](CNC(C)=O)[C@@H](OC(C)=O)[C@H](OS(C)(=O)=O)[C@H]1NC(C)=O. The summed E-state index contributed by atoms with van der Waals surface area (Å²) in [6, 6.07) is -1.08. The standard InChI is InChI=1S/C14H24N2O9S/c1-7(17)15-6-10-12(23-9(3)19)13(25-26(5,20)21)11(16-8(2)18)14(22-4)24-10/h10-14H,6H2,1-5H3,(H,15,17)(H,16,18)/t10-,11+,12+,13+,14+/m0/s1. The molecule has 0 aromatic rings. The van der Waals surface area contributed by atoms with E-state index in [1.54, 1.807) is 0 Å². The van der Waals surface area contributed by atoms with Crippen LogP contribution in [0.4, 0.5) is 0 Å². The van der Waals surface area contributed by atoms with Gasteiger partial charge in [-0.25, -0.2) is 0 Å². The molecule has 1 saturated heterocycles. The molecule has 2 N–H and O–H groups in total. The lowest BCUT2D eigenvalue weighted by Gasteiger charge is -2.44. The van der Waals surface area contributed by atoms with Crippen LogP contribution in [-0.2, 0) is 42.9 Å². The van der Waals surface area contributed by atoms with E-state index in [2.05, 4.69) is 10.6 Å². The minimum Gasteiger partial charge on any atom is -0.457 e. The first-order valence-corrected chi connectivity index (χ1v) is 9.51. The van der Waals surface area contributed by atoms with Crippen molar-refractivity contribution in [2.45, 2.75) is 51.4 Å². The molecule has 0 saturated carbocycles. The Morgan fingerprint density at radius 1 is 1.08 bits per heavy atom. The first kappa shape index (κ1) is 22.3. The van der Waals surface area contributed by atoms with Crippen LogP contribution in [0.3, 0.4) is 0 Å². The van der Waals surface area contributed by atoms with Gasteiger partial charge in [0.2, 0.25) is 11.8 Å². The van der Waals surface area contributed by atoms with Gasteiger partial charge in [0.15, 0.2) is 12.4 Å². The number of carbonyl (C=O) groups is 3. The molecule has 1 aliphatic rings. The summed E-state index contributed by atoms with van der Waals surface area (Å²) in [7, 11) is -2.70. The summed E-state index contributed by atoms with van der Waals surface area (Å²) in [6.45, 7) is 3.53. The van der Waals surface area contributed by atoms with Gasteiger partial charge in [0, 0.05) is 34.4 Å². The highest BCUT2D eigenvalue weighted by Crippen LogP contribution is 2.27. The Kier molecular flexibility index (Phi) is 7.93. The lowest BCUT2D eigenvalue weighted by Crippen LogP contribution is -2.67. The summed E-state index contributed by atoms with van der Waals surface area (Å²) in [5.41, 5.74) is 0. The zero-order chi connectivity index (χ0) is 20.1. The Labute approximate surface area is 151 Å². The normalized spacial score (nSPS) is 28.9. The molecule has 5 atom stereocenters. The number of nitrogens with one attached hydrogen (secondary N) is 2. The molecule has 11 nitrogen and oxygen atoms in total. The Bertz CT molecular complexity index is 636. The highest BCUT2D eigenvalue weighted by atomic mass is 32.2. The van der Waals surface area contributed by atoms with Crippen molar-refractivity contribution in [2.24, 2.45) is 0 Å². The molecular weight excluding hydrogens is 372 g/mol. The average Bonchev–Trinajstić information content (AvgIpc) is 2.47. The summed E-state index contributed by atoms with van der Waals surface area (Å²) < 4.78 is 44.5. The minimum atomic E-state index is -3.99. The van der Waals surface area contributed by atoms with Gasteiger partial charge >= 0.3 is 5.97 Å². The van der Waals surface area contributed by atoms with E-state index in [9.17, 15) is 22.8 Å². The maximum atomic E-state index is 11.7. The van der Waals surface area contributed by atoms with Gasteiger partial charge in [-0.05, 0) is 0 Å². The maximum absolute atomic E-state index is 11.7. The van der Waals surface area contributed by atoms with Crippen molar-refractivity contribution in [3.8, 4) is 0 Å². The van der Waals surface area contributed by atoms with Crippen LogP contribution in [0.2, 0.25) is 0 Å². The molecule has 150 valence electrons. The number of rotatable bonds is 7. The quantitative estimate of drug-likeness (QED) is 0.379. The third-order valence-electron chi connectivity index (χ3n) is 3.39. The third kappa shape index (κ3) is 6.86. The molecule has 26 heavy (non-hydrogen) atoms. The molecule has 0 spiro atoms. The predicted octanol–water partition coefficient (Wildman–Crippen LogP) is -1.72. The Morgan fingerprint density at radius 3 is 2.12 bits per heavy atom. The molecule has 1 heterocycles. The summed E-state index contributed by atoms with van der Waals surface area (Å²) >= 11 is 0. The van der Waals surface area contributed by atoms with Gasteiger partial charge in [-0.2, -0.15) is 8.42 Å². The van der Waals surface area contributed by atoms with Crippen molar-refractivity contribution in [2.75, 3.05) is 19.9 Å². The topological polar surface area (TPSA) is 146 Å². The highest BCUT2D eigenvalue weighted by Gasteiger charge is 2.50. The summed E-state index contributed by atoms with van der Waals surface area (Å²) in [4.78, 5) is 34.2. The lowest BCUT2D eigenvalue weighted by atomic mass is 9.96. The van der Waals surface area contributed by atoms with Crippen LogP contribution in [0, 0.1) is 0 Å². The summed E-state index contributed by atoms with van der Waals surface area (Å²) in [5.74, 6) is -1.58. The number of amides is 2. The monoisotopic (exact) mass is 396 g/mol. The second-order valence-corrected chi connectivity index (χ2v) is 7.38. The molecule has 2 amide bonds. The van der Waals surface area contributed by atoms with E-state index >= 15 is 0 Å². The van der Waals surface area contributed by atoms with Crippen LogP contribution >= 0.6 is 0 Å². The zero-order valence-corrected chi connectivity index (χ0v) is 16.0. The fourth-order valence-electron chi connectivity index (χ4n) is 2.55. The average molecular weight is 396 g/mol. The van der Waals surface area contributed by atoms with Gasteiger partial charge in [-0.15, -0.1) is 0 Å². The zero-order valence-electron chi connectivity index (χ0n) is 15.2. The number of ether oxygens (including phenoxy) is 3. The fraction of sp³-hybridized carbons (Fsp3) is 0.786. The molecule has 0 aromatic heterocycles. The molecular formula is C14H24N2O9S. The number of esters is 1. The van der Waals surface area contributed by atoms with Crippen LogP contribution in [-0.4, -0.2) is 76.8 Å². The molecule has 1 aliphatic heterocycles.